The van der Waals surface area contributed by atoms with E-state index in [1.165, 1.54) is 12.1 Å². The minimum Gasteiger partial charge on any atom is -0.493 e. The van der Waals surface area contributed by atoms with Crippen molar-refractivity contribution in [2.75, 3.05) is 30.9 Å². The number of anilines is 2. The second-order valence-corrected chi connectivity index (χ2v) is 7.59. The zero-order valence-corrected chi connectivity index (χ0v) is 15.8. The molecule has 0 aliphatic carbocycles. The molecule has 0 atom stereocenters. The molecule has 7 nitrogen and oxygen atoms in total. The summed E-state index contributed by atoms with van der Waals surface area (Å²) in [6, 6.07) is 11.9. The topological polar surface area (TPSA) is 102 Å². The van der Waals surface area contributed by atoms with Crippen LogP contribution in [0.2, 0.25) is 0 Å². The van der Waals surface area contributed by atoms with Crippen LogP contribution >= 0.6 is 0 Å². The highest BCUT2D eigenvalue weighted by Gasteiger charge is 2.14. The molecule has 2 aromatic carbocycles. The van der Waals surface area contributed by atoms with Gasteiger partial charge in [0.1, 0.15) is 5.75 Å². The number of carbonyl (C=O) groups is 1. The van der Waals surface area contributed by atoms with Crippen LogP contribution < -0.4 is 20.1 Å². The number of benzene rings is 2. The molecule has 0 saturated heterocycles. The lowest BCUT2D eigenvalue weighted by atomic mass is 10.2. The van der Waals surface area contributed by atoms with Gasteiger partial charge in [-0.1, -0.05) is 18.2 Å². The van der Waals surface area contributed by atoms with Gasteiger partial charge in [0.05, 0.1) is 29.3 Å². The Labute approximate surface area is 153 Å². The fraction of sp³-hybridized carbons (Fsp3) is 0.278. The third-order valence-electron chi connectivity index (χ3n) is 3.73. The van der Waals surface area contributed by atoms with E-state index in [2.05, 4.69) is 5.32 Å². The van der Waals surface area contributed by atoms with Crippen molar-refractivity contribution in [1.82, 2.24) is 0 Å². The van der Waals surface area contributed by atoms with E-state index in [0.29, 0.717) is 11.4 Å². The van der Waals surface area contributed by atoms with Crippen LogP contribution in [0.25, 0.3) is 0 Å². The zero-order valence-electron chi connectivity index (χ0n) is 15.0. The molecule has 0 spiro atoms. The average Bonchev–Trinajstić information content (AvgIpc) is 2.55. The van der Waals surface area contributed by atoms with Crippen molar-refractivity contribution in [1.29, 1.82) is 0 Å². The predicted molar refractivity (Wildman–Crippen MR) is 102 cm³/mol. The third kappa shape index (κ3) is 5.21. The van der Waals surface area contributed by atoms with Gasteiger partial charge in [0, 0.05) is 14.1 Å². The summed E-state index contributed by atoms with van der Waals surface area (Å²) in [6.07, 6.45) is 0.126. The maximum absolute atomic E-state index is 12.2. The molecule has 26 heavy (non-hydrogen) atoms. The highest BCUT2D eigenvalue weighted by molar-refractivity contribution is 7.89. The van der Waals surface area contributed by atoms with Gasteiger partial charge in [-0.3, -0.25) is 4.79 Å². The summed E-state index contributed by atoms with van der Waals surface area (Å²) in [5.74, 6) is 0.443. The van der Waals surface area contributed by atoms with Crippen molar-refractivity contribution < 1.29 is 17.9 Å². The van der Waals surface area contributed by atoms with E-state index >= 15 is 0 Å². The van der Waals surface area contributed by atoms with E-state index in [0.717, 1.165) is 11.3 Å². The lowest BCUT2D eigenvalue weighted by Crippen LogP contribution is -2.20. The maximum Gasteiger partial charge on any atom is 0.238 e. The van der Waals surface area contributed by atoms with E-state index in [-0.39, 0.29) is 23.8 Å². The minimum atomic E-state index is -3.86. The van der Waals surface area contributed by atoms with Gasteiger partial charge in [-0.25, -0.2) is 13.6 Å². The second kappa shape index (κ2) is 8.20. The SMILES string of the molecule is Cc1ccccc1OCCC(=O)Nc1cc(S(N)(=O)=O)ccc1N(C)C. The number of para-hydroxylation sites is 1. The Balaban J connectivity index is 2.06. The molecule has 0 heterocycles. The van der Waals surface area contributed by atoms with Crippen molar-refractivity contribution >= 4 is 27.3 Å². The molecule has 1 amide bonds. The number of aryl methyl sites for hydroxylation is 1. The second-order valence-electron chi connectivity index (χ2n) is 6.03. The van der Waals surface area contributed by atoms with Crippen molar-refractivity contribution in [2.24, 2.45) is 5.14 Å². The van der Waals surface area contributed by atoms with Gasteiger partial charge < -0.3 is 15.0 Å². The number of carbonyl (C=O) groups excluding carboxylic acids is 1. The van der Waals surface area contributed by atoms with Gasteiger partial charge >= 0.3 is 0 Å². The third-order valence-corrected chi connectivity index (χ3v) is 4.64. The van der Waals surface area contributed by atoms with Gasteiger partial charge in [0.25, 0.3) is 0 Å². The maximum atomic E-state index is 12.2. The number of nitrogens with two attached hydrogens (primary N) is 1. The summed E-state index contributed by atoms with van der Waals surface area (Å²) in [6.45, 7) is 2.14. The zero-order chi connectivity index (χ0) is 19.3. The van der Waals surface area contributed by atoms with Gasteiger partial charge in [-0.2, -0.15) is 0 Å². The first-order valence-electron chi connectivity index (χ1n) is 8.01. The molecule has 140 valence electrons. The summed E-state index contributed by atoms with van der Waals surface area (Å²) >= 11 is 0. The number of hydrogen-bond donors (Lipinski definition) is 2. The van der Waals surface area contributed by atoms with E-state index < -0.39 is 10.0 Å². The number of primary sulfonamides is 1. The Morgan fingerprint density at radius 2 is 1.88 bits per heavy atom. The minimum absolute atomic E-state index is 0.0606. The quantitative estimate of drug-likeness (QED) is 0.769. The molecule has 0 fully saturated rings. The molecule has 2 rings (SSSR count). The summed E-state index contributed by atoms with van der Waals surface area (Å²) in [5.41, 5.74) is 2.04. The first kappa shape index (κ1) is 19.7. The number of nitrogens with zero attached hydrogens (tertiary/aromatic N) is 1. The van der Waals surface area contributed by atoms with Crippen molar-refractivity contribution in [3.8, 4) is 5.75 Å². The van der Waals surface area contributed by atoms with Crippen molar-refractivity contribution in [3.05, 3.63) is 48.0 Å². The Hall–Kier alpha value is -2.58. The standard InChI is InChI=1S/C18H23N3O4S/c1-13-6-4-5-7-17(13)25-11-10-18(22)20-15-12-14(26(19,23)24)8-9-16(15)21(2)3/h4-9,12H,10-11H2,1-3H3,(H,20,22)(H2,19,23,24). The first-order chi connectivity index (χ1) is 12.2. The molecule has 3 N–H and O–H groups in total. The molecule has 2 aromatic rings. The van der Waals surface area contributed by atoms with Crippen molar-refractivity contribution in [3.63, 3.8) is 0 Å². The molecule has 0 unspecified atom stereocenters. The number of hydrogen-bond acceptors (Lipinski definition) is 5. The van der Waals surface area contributed by atoms with Gasteiger partial charge in [-0.15, -0.1) is 0 Å². The van der Waals surface area contributed by atoms with Crippen LogP contribution in [0.15, 0.2) is 47.4 Å². The fourth-order valence-corrected chi connectivity index (χ4v) is 2.91. The summed E-state index contributed by atoms with van der Waals surface area (Å²) < 4.78 is 28.7. The lowest BCUT2D eigenvalue weighted by molar-refractivity contribution is -0.116. The smallest absolute Gasteiger partial charge is 0.238 e. The van der Waals surface area contributed by atoms with E-state index in [1.54, 1.807) is 25.1 Å². The van der Waals surface area contributed by atoms with Gasteiger partial charge in [0.15, 0.2) is 0 Å². The monoisotopic (exact) mass is 377 g/mol. The molecule has 0 aliphatic rings. The number of nitrogens with one attached hydrogen (secondary N) is 1. The largest absolute Gasteiger partial charge is 0.493 e. The Morgan fingerprint density at radius 3 is 2.50 bits per heavy atom. The van der Waals surface area contributed by atoms with Crippen LogP contribution in [0.4, 0.5) is 11.4 Å². The van der Waals surface area contributed by atoms with Gasteiger partial charge in [-0.05, 0) is 36.8 Å². The van der Waals surface area contributed by atoms with Gasteiger partial charge in [0.2, 0.25) is 15.9 Å². The summed E-state index contributed by atoms with van der Waals surface area (Å²) in [4.78, 5) is 13.9. The highest BCUT2D eigenvalue weighted by atomic mass is 32.2. The number of sulfonamides is 1. The Bertz CT molecular complexity index is 895. The van der Waals surface area contributed by atoms with Crippen LogP contribution in [-0.2, 0) is 14.8 Å². The summed E-state index contributed by atoms with van der Waals surface area (Å²) in [7, 11) is -0.267. The van der Waals surface area contributed by atoms with E-state index in [4.69, 9.17) is 9.88 Å². The predicted octanol–water partition coefficient (Wildman–Crippen LogP) is 2.12. The van der Waals surface area contributed by atoms with E-state index in [1.807, 2.05) is 31.2 Å². The van der Waals surface area contributed by atoms with Crippen LogP contribution in [0.1, 0.15) is 12.0 Å². The molecule has 0 aliphatic heterocycles. The lowest BCUT2D eigenvalue weighted by Gasteiger charge is -2.19. The molecule has 0 bridgehead atoms. The molecular weight excluding hydrogens is 354 g/mol. The van der Waals surface area contributed by atoms with Crippen molar-refractivity contribution in [2.45, 2.75) is 18.2 Å². The van der Waals surface area contributed by atoms with Crippen LogP contribution in [0.3, 0.4) is 0 Å². The normalized spacial score (nSPS) is 11.1. The molecule has 0 radical (unpaired) electrons. The molecule has 0 aromatic heterocycles. The molecule has 8 heteroatoms. The van der Waals surface area contributed by atoms with Crippen LogP contribution in [0.5, 0.6) is 5.75 Å². The molecule has 0 saturated carbocycles. The van der Waals surface area contributed by atoms with E-state index in [9.17, 15) is 13.2 Å². The number of amides is 1. The average molecular weight is 377 g/mol. The first-order valence-corrected chi connectivity index (χ1v) is 9.55. The Morgan fingerprint density at radius 1 is 1.19 bits per heavy atom. The highest BCUT2D eigenvalue weighted by Crippen LogP contribution is 2.27. The fourth-order valence-electron chi connectivity index (χ4n) is 2.37. The number of ether oxygens (including phenoxy) is 1. The van der Waals surface area contributed by atoms with Crippen LogP contribution in [0, 0.1) is 6.92 Å². The number of rotatable bonds is 7. The molecular formula is C18H23N3O4S. The van der Waals surface area contributed by atoms with Crippen LogP contribution in [-0.4, -0.2) is 35.0 Å². The Kier molecular flexibility index (Phi) is 6.23. The summed E-state index contributed by atoms with van der Waals surface area (Å²) in [5, 5.41) is 7.89.